The summed E-state index contributed by atoms with van der Waals surface area (Å²) in [4.78, 5) is 0. The third-order valence-corrected chi connectivity index (χ3v) is 2.68. The number of benzene rings is 1. The Bertz CT molecular complexity index is 478. The Morgan fingerprint density at radius 1 is 1.06 bits per heavy atom. The van der Waals surface area contributed by atoms with Gasteiger partial charge >= 0.3 is 0 Å². The van der Waals surface area contributed by atoms with Crippen molar-refractivity contribution in [3.63, 3.8) is 0 Å². The molecule has 0 bridgehead atoms. The van der Waals surface area contributed by atoms with E-state index in [2.05, 4.69) is 5.73 Å². The summed E-state index contributed by atoms with van der Waals surface area (Å²) < 4.78 is 0. The van der Waals surface area contributed by atoms with Gasteiger partial charge in [-0.05, 0) is 36.8 Å². The Morgan fingerprint density at radius 3 is 2.31 bits per heavy atom. The van der Waals surface area contributed by atoms with Gasteiger partial charge in [-0.15, -0.1) is 0 Å². The van der Waals surface area contributed by atoms with E-state index in [1.807, 2.05) is 42.5 Å². The summed E-state index contributed by atoms with van der Waals surface area (Å²) in [5, 5.41) is 0. The molecule has 1 aromatic carbocycles. The smallest absolute Gasteiger partial charge is 0.138 e. The predicted molar refractivity (Wildman–Crippen MR) is 66.7 cm³/mol. The average Bonchev–Trinajstić information content (AvgIpc) is 2.30. The molecule has 0 saturated carbocycles. The topological polar surface area (TPSA) is 79.7 Å². The van der Waals surface area contributed by atoms with E-state index in [0.29, 0.717) is 0 Å². The Labute approximate surface area is 94.9 Å². The highest BCUT2D eigenvalue weighted by molar-refractivity contribution is 5.65. The Kier molecular flexibility index (Phi) is 2.79. The number of nitrogen functional groups attached to an aromatic ring is 1. The summed E-state index contributed by atoms with van der Waals surface area (Å²) in [5.41, 5.74) is 20.3. The second-order valence-electron chi connectivity index (χ2n) is 3.87. The minimum Gasteiger partial charge on any atom is -0.399 e. The van der Waals surface area contributed by atoms with Crippen LogP contribution >= 0.6 is 0 Å². The monoisotopic (exact) mass is 214 g/mol. The van der Waals surface area contributed by atoms with E-state index in [0.717, 1.165) is 29.1 Å². The van der Waals surface area contributed by atoms with Gasteiger partial charge in [0.2, 0.25) is 0 Å². The van der Waals surface area contributed by atoms with Crippen molar-refractivity contribution in [2.45, 2.75) is 6.42 Å². The number of hydrogen-bond donors (Lipinski definition) is 3. The van der Waals surface area contributed by atoms with Gasteiger partial charge in [-0.25, -0.2) is 0 Å². The summed E-state index contributed by atoms with van der Waals surface area (Å²) in [7, 11) is 0. The van der Waals surface area contributed by atoms with E-state index in [1.165, 1.54) is 5.57 Å². The molecule has 1 aliphatic rings. The first-order valence-electron chi connectivity index (χ1n) is 5.21. The molecule has 0 fully saturated rings. The molecule has 0 amide bonds. The second kappa shape index (κ2) is 4.24. The van der Waals surface area contributed by atoms with Gasteiger partial charge in [-0.3, -0.25) is 0 Å². The highest BCUT2D eigenvalue weighted by atomic mass is 14.6. The zero-order valence-electron chi connectivity index (χ0n) is 9.11. The summed E-state index contributed by atoms with van der Waals surface area (Å²) >= 11 is 0. The molecule has 3 nitrogen and oxygen atoms in total. The lowest BCUT2D eigenvalue weighted by molar-refractivity contribution is -0.244. The lowest BCUT2D eigenvalue weighted by Gasteiger charge is -2.07. The van der Waals surface area contributed by atoms with E-state index in [4.69, 9.17) is 11.5 Å². The highest BCUT2D eigenvalue weighted by Gasteiger charge is 2.08. The van der Waals surface area contributed by atoms with Crippen molar-refractivity contribution in [2.75, 3.05) is 5.73 Å². The van der Waals surface area contributed by atoms with Gasteiger partial charge in [-0.1, -0.05) is 12.2 Å². The first kappa shape index (κ1) is 10.5. The first-order valence-corrected chi connectivity index (χ1v) is 5.21. The lowest BCUT2D eigenvalue weighted by Crippen LogP contribution is -2.46. The molecule has 3 heteroatoms. The molecule has 1 aliphatic carbocycles. The van der Waals surface area contributed by atoms with Gasteiger partial charge in [0.15, 0.2) is 0 Å². The van der Waals surface area contributed by atoms with E-state index in [-0.39, 0.29) is 0 Å². The molecule has 82 valence electrons. The molecule has 0 heterocycles. The number of anilines is 1. The van der Waals surface area contributed by atoms with Crippen molar-refractivity contribution in [1.82, 2.24) is 0 Å². The summed E-state index contributed by atoms with van der Waals surface area (Å²) in [6.45, 7) is 0. The highest BCUT2D eigenvalue weighted by Crippen LogP contribution is 2.20. The molecule has 0 radical (unpaired) electrons. The molecule has 16 heavy (non-hydrogen) atoms. The maximum atomic E-state index is 5.67. The van der Waals surface area contributed by atoms with Crippen LogP contribution in [0.25, 0.3) is 5.70 Å². The number of allylic oxidation sites excluding steroid dienone is 4. The van der Waals surface area contributed by atoms with Crippen LogP contribution in [0.5, 0.6) is 0 Å². The molecular weight excluding hydrogens is 198 g/mol. The van der Waals surface area contributed by atoms with Crippen molar-refractivity contribution in [1.29, 1.82) is 0 Å². The van der Waals surface area contributed by atoms with Crippen LogP contribution in [0, 0.1) is 0 Å². The van der Waals surface area contributed by atoms with Crippen molar-refractivity contribution < 1.29 is 5.73 Å². The molecule has 0 aromatic heterocycles. The van der Waals surface area contributed by atoms with Crippen molar-refractivity contribution in [3.05, 3.63) is 59.3 Å². The van der Waals surface area contributed by atoms with E-state index < -0.39 is 0 Å². The van der Waals surface area contributed by atoms with Gasteiger partial charge in [0.05, 0.1) is 0 Å². The zero-order valence-corrected chi connectivity index (χ0v) is 9.11. The molecule has 0 atom stereocenters. The minimum absolute atomic E-state index is 0.768. The van der Waals surface area contributed by atoms with Gasteiger partial charge < -0.3 is 17.2 Å². The molecule has 0 unspecified atom stereocenters. The van der Waals surface area contributed by atoms with Crippen LogP contribution < -0.4 is 17.2 Å². The molecule has 7 N–H and O–H groups in total. The number of rotatable bonds is 1. The summed E-state index contributed by atoms with van der Waals surface area (Å²) in [6, 6.07) is 7.75. The van der Waals surface area contributed by atoms with E-state index in [9.17, 15) is 0 Å². The lowest BCUT2D eigenvalue weighted by atomic mass is 10.00. The SMILES string of the molecule is NC1=CC/C(=C(/[NH3+])c2ccc(N)cc2)C=C1. The number of quaternary nitrogens is 1. The van der Waals surface area contributed by atoms with Gasteiger partial charge in [-0.2, -0.15) is 0 Å². The largest absolute Gasteiger partial charge is 0.399 e. The molecule has 1 aromatic rings. The Morgan fingerprint density at radius 2 is 1.75 bits per heavy atom. The summed E-state index contributed by atoms with van der Waals surface area (Å²) in [5.74, 6) is 0. The fourth-order valence-corrected chi connectivity index (χ4v) is 1.65. The average molecular weight is 214 g/mol. The van der Waals surface area contributed by atoms with Crippen LogP contribution in [-0.4, -0.2) is 0 Å². The summed E-state index contributed by atoms with van der Waals surface area (Å²) in [6.07, 6.45) is 6.76. The van der Waals surface area contributed by atoms with Gasteiger partial charge in [0, 0.05) is 22.5 Å². The van der Waals surface area contributed by atoms with Crippen LogP contribution in [0.15, 0.2) is 53.8 Å². The van der Waals surface area contributed by atoms with Crippen molar-refractivity contribution in [3.8, 4) is 0 Å². The molecule has 0 spiro atoms. The van der Waals surface area contributed by atoms with Crippen LogP contribution in [0.2, 0.25) is 0 Å². The predicted octanol–water partition coefficient (Wildman–Crippen LogP) is 1.02. The standard InChI is InChI=1S/C13H15N3/c14-11-5-1-9(2-6-11)13(16)10-3-7-12(15)8-4-10/h1-3,5-8H,4,14-16H2/p+1/b13-10+. The third kappa shape index (κ3) is 2.15. The Balaban J connectivity index is 2.32. The third-order valence-electron chi connectivity index (χ3n) is 2.68. The number of hydrogen-bond acceptors (Lipinski definition) is 2. The van der Waals surface area contributed by atoms with Crippen LogP contribution in [0.4, 0.5) is 5.69 Å². The molecule has 0 saturated heterocycles. The van der Waals surface area contributed by atoms with Crippen molar-refractivity contribution >= 4 is 11.4 Å². The molecular formula is C13H16N3+. The van der Waals surface area contributed by atoms with Gasteiger partial charge in [0.25, 0.3) is 0 Å². The van der Waals surface area contributed by atoms with E-state index >= 15 is 0 Å². The maximum Gasteiger partial charge on any atom is 0.138 e. The number of nitrogens with two attached hydrogens (primary N) is 2. The van der Waals surface area contributed by atoms with Crippen molar-refractivity contribution in [2.24, 2.45) is 5.73 Å². The van der Waals surface area contributed by atoms with Gasteiger partial charge in [0.1, 0.15) is 5.70 Å². The maximum absolute atomic E-state index is 5.67. The molecule has 2 rings (SSSR count). The zero-order chi connectivity index (χ0) is 11.5. The minimum atomic E-state index is 0.768. The van der Waals surface area contributed by atoms with Crippen LogP contribution in [0.3, 0.4) is 0 Å². The first-order chi connectivity index (χ1) is 7.66. The fraction of sp³-hybridized carbons (Fsp3) is 0.0769. The quantitative estimate of drug-likeness (QED) is 0.610. The normalized spacial score (nSPS) is 18.2. The van der Waals surface area contributed by atoms with E-state index in [1.54, 1.807) is 0 Å². The Hall–Kier alpha value is -2.00. The molecule has 0 aliphatic heterocycles. The van der Waals surface area contributed by atoms with Crippen LogP contribution in [0.1, 0.15) is 12.0 Å². The fourth-order valence-electron chi connectivity index (χ4n) is 1.65. The second-order valence-corrected chi connectivity index (χ2v) is 3.87. The van der Waals surface area contributed by atoms with Crippen LogP contribution in [-0.2, 0) is 0 Å².